The second kappa shape index (κ2) is 6.69. The second-order valence-corrected chi connectivity index (χ2v) is 29.5. The molecular weight excluding hydrogens is 384 g/mol. The van der Waals surface area contributed by atoms with Crippen LogP contribution >= 0.6 is 0 Å². The van der Waals surface area contributed by atoms with Gasteiger partial charge in [-0.05, 0) is 0 Å². The number of allylic oxidation sites excluding steroid dienone is 5. The minimum atomic E-state index is -2.50. The Labute approximate surface area is 154 Å². The zero-order valence-electron chi connectivity index (χ0n) is 16.2. The average Bonchev–Trinajstić information content (AvgIpc) is 2.98. The molecule has 0 spiro atoms. The summed E-state index contributed by atoms with van der Waals surface area (Å²) in [5.41, 5.74) is 9.58. The molecule has 2 aliphatic carbocycles. The molecule has 1 radical (unpaired) electrons. The predicted octanol–water partition coefficient (Wildman–Crippen LogP) is 5.48. The van der Waals surface area contributed by atoms with Crippen molar-refractivity contribution >= 4 is 13.4 Å². The van der Waals surface area contributed by atoms with Gasteiger partial charge in [0, 0.05) is 0 Å². The van der Waals surface area contributed by atoms with E-state index in [4.69, 9.17) is 0 Å². The molecular formula is C22H31SiZr. The number of hydrogen-bond acceptors (Lipinski definition) is 0. The maximum atomic E-state index is 4.30. The SMILES string of the molecule is [CH2]C[CH2][Zr]([SiH3])([C]1=C(C)C(C)=C(C)C1C)[CH]1C(C)=Cc2ccccc21. The summed E-state index contributed by atoms with van der Waals surface area (Å²) in [6.07, 6.45) is 3.57. The van der Waals surface area contributed by atoms with Gasteiger partial charge >= 0.3 is 155 Å². The molecule has 0 fully saturated rings. The van der Waals surface area contributed by atoms with Gasteiger partial charge in [0.2, 0.25) is 0 Å². The van der Waals surface area contributed by atoms with E-state index in [1.54, 1.807) is 27.9 Å². The molecule has 3 atom stereocenters. The Kier molecular flexibility index (Phi) is 5.11. The molecule has 1 aromatic carbocycles. The number of benzene rings is 1. The molecule has 0 saturated carbocycles. The van der Waals surface area contributed by atoms with Crippen LogP contribution in [0.4, 0.5) is 0 Å². The van der Waals surface area contributed by atoms with Crippen molar-refractivity contribution in [2.45, 2.75) is 48.8 Å². The van der Waals surface area contributed by atoms with E-state index in [2.05, 4.69) is 71.9 Å². The summed E-state index contributed by atoms with van der Waals surface area (Å²) in [5.74, 6) is 0.672. The van der Waals surface area contributed by atoms with Crippen molar-refractivity contribution in [2.75, 3.05) is 0 Å². The molecule has 1 aromatic rings. The number of rotatable bonds is 4. The zero-order chi connectivity index (χ0) is 17.6. The van der Waals surface area contributed by atoms with Crippen molar-refractivity contribution < 1.29 is 19.4 Å². The molecule has 0 aromatic heterocycles. The maximum absolute atomic E-state index is 4.30. The Balaban J connectivity index is 2.17. The third-order valence-electron chi connectivity index (χ3n) is 6.73. The van der Waals surface area contributed by atoms with Gasteiger partial charge in [-0.15, -0.1) is 0 Å². The van der Waals surface area contributed by atoms with Gasteiger partial charge in [0.05, 0.1) is 0 Å². The van der Waals surface area contributed by atoms with E-state index in [-0.39, 0.29) is 0 Å². The van der Waals surface area contributed by atoms with Crippen LogP contribution in [0.1, 0.15) is 55.8 Å². The number of fused-ring (bicyclic) bond motifs is 1. The Morgan fingerprint density at radius 3 is 2.33 bits per heavy atom. The summed E-state index contributed by atoms with van der Waals surface area (Å²) < 4.78 is 4.07. The van der Waals surface area contributed by atoms with Crippen LogP contribution in [0.5, 0.6) is 0 Å². The molecule has 0 amide bonds. The summed E-state index contributed by atoms with van der Waals surface area (Å²) in [7, 11) is 1.37. The third-order valence-corrected chi connectivity index (χ3v) is 29.7. The van der Waals surface area contributed by atoms with E-state index in [0.717, 1.165) is 10.0 Å². The monoisotopic (exact) mass is 413 g/mol. The van der Waals surface area contributed by atoms with E-state index in [0.29, 0.717) is 5.92 Å². The first-order valence-electron chi connectivity index (χ1n) is 9.28. The van der Waals surface area contributed by atoms with Gasteiger partial charge in [-0.25, -0.2) is 0 Å². The molecule has 2 heteroatoms. The number of hydrogen-bond donors (Lipinski definition) is 0. The van der Waals surface area contributed by atoms with Crippen molar-refractivity contribution in [3.05, 3.63) is 67.9 Å². The Hall–Kier alpha value is -0.460. The van der Waals surface area contributed by atoms with E-state index in [1.165, 1.54) is 17.1 Å². The zero-order valence-corrected chi connectivity index (χ0v) is 20.6. The van der Waals surface area contributed by atoms with Gasteiger partial charge in [0.25, 0.3) is 0 Å². The Morgan fingerprint density at radius 1 is 1.08 bits per heavy atom. The molecule has 127 valence electrons. The van der Waals surface area contributed by atoms with Crippen LogP contribution in [-0.2, 0) is 19.4 Å². The molecule has 3 unspecified atom stereocenters. The van der Waals surface area contributed by atoms with Crippen LogP contribution in [0.2, 0.25) is 4.13 Å². The minimum absolute atomic E-state index is 0.672. The standard InChI is InChI=1S/C10H9.C9H13.C3H6.H3Si.Zr/c1-8-6-9-4-2-3-5-10(9)7-8;1-6-5-7(2)9(4)8(6)3;1-3-2;;/h2-7H,1H3;6H,1-4H3;1-3H2;1H3;. The first-order valence-corrected chi connectivity index (χ1v) is 22.0. The molecule has 0 N–H and O–H groups in total. The van der Waals surface area contributed by atoms with Gasteiger partial charge in [0.1, 0.15) is 0 Å². The van der Waals surface area contributed by atoms with E-state index < -0.39 is 19.4 Å². The molecule has 0 nitrogen and oxygen atoms in total. The topological polar surface area (TPSA) is 0 Å². The van der Waals surface area contributed by atoms with Gasteiger partial charge in [-0.2, -0.15) is 0 Å². The molecule has 0 bridgehead atoms. The quantitative estimate of drug-likeness (QED) is 0.572. The second-order valence-electron chi connectivity index (χ2n) is 8.04. The van der Waals surface area contributed by atoms with E-state index in [9.17, 15) is 0 Å². The van der Waals surface area contributed by atoms with Crippen molar-refractivity contribution in [1.29, 1.82) is 0 Å². The first kappa shape index (κ1) is 18.3. The average molecular weight is 415 g/mol. The fourth-order valence-electron chi connectivity index (χ4n) is 5.41. The van der Waals surface area contributed by atoms with Crippen molar-refractivity contribution in [3.8, 4) is 0 Å². The summed E-state index contributed by atoms with van der Waals surface area (Å²) in [6, 6.07) is 9.15. The molecule has 0 saturated heterocycles. The normalized spacial score (nSPS) is 26.0. The van der Waals surface area contributed by atoms with Gasteiger partial charge in [0.15, 0.2) is 0 Å². The van der Waals surface area contributed by atoms with Crippen molar-refractivity contribution in [2.24, 2.45) is 5.92 Å². The van der Waals surface area contributed by atoms with Crippen molar-refractivity contribution in [3.63, 3.8) is 0 Å². The predicted molar refractivity (Wildman–Crippen MR) is 108 cm³/mol. The van der Waals surface area contributed by atoms with Crippen LogP contribution in [0.25, 0.3) is 6.08 Å². The molecule has 2 aliphatic rings. The molecule has 0 heterocycles. The molecule has 24 heavy (non-hydrogen) atoms. The van der Waals surface area contributed by atoms with Crippen LogP contribution in [0, 0.1) is 12.8 Å². The van der Waals surface area contributed by atoms with Crippen LogP contribution < -0.4 is 0 Å². The molecule has 3 rings (SSSR count). The Morgan fingerprint density at radius 2 is 1.75 bits per heavy atom. The van der Waals surface area contributed by atoms with Crippen LogP contribution in [0.15, 0.2) is 49.8 Å². The van der Waals surface area contributed by atoms with Crippen molar-refractivity contribution in [1.82, 2.24) is 0 Å². The summed E-state index contributed by atoms with van der Waals surface area (Å²) in [6.45, 7) is 16.3. The summed E-state index contributed by atoms with van der Waals surface area (Å²) >= 11 is -2.50. The molecule has 0 aliphatic heterocycles. The van der Waals surface area contributed by atoms with E-state index in [1.807, 2.05) is 3.28 Å². The van der Waals surface area contributed by atoms with Gasteiger partial charge in [-0.3, -0.25) is 0 Å². The van der Waals surface area contributed by atoms with Crippen LogP contribution in [-0.4, -0.2) is 7.37 Å². The fourth-order valence-corrected chi connectivity index (χ4v) is 31.3. The summed E-state index contributed by atoms with van der Waals surface area (Å²) in [5, 5.41) is 0. The van der Waals surface area contributed by atoms with E-state index >= 15 is 0 Å². The van der Waals surface area contributed by atoms with Gasteiger partial charge < -0.3 is 0 Å². The Bertz CT molecular complexity index is 768. The van der Waals surface area contributed by atoms with Gasteiger partial charge in [-0.1, -0.05) is 0 Å². The van der Waals surface area contributed by atoms with Crippen LogP contribution in [0.3, 0.4) is 0 Å². The fraction of sp³-hybridized carbons (Fsp3) is 0.409. The summed E-state index contributed by atoms with van der Waals surface area (Å²) in [4.78, 5) is 0. The third kappa shape index (κ3) is 2.65. The first-order chi connectivity index (χ1) is 11.3.